The number of hydrogen-bond acceptors (Lipinski definition) is 6. The third kappa shape index (κ3) is 7.58. The lowest BCUT2D eigenvalue weighted by atomic mass is 10.0. The van der Waals surface area contributed by atoms with Crippen LogP contribution in [0.2, 0.25) is 5.02 Å². The number of carbonyl (C=O) groups is 4. The van der Waals surface area contributed by atoms with Gasteiger partial charge in [0.1, 0.15) is 31.1 Å². The van der Waals surface area contributed by atoms with Crippen LogP contribution in [-0.4, -0.2) is 59.0 Å². The van der Waals surface area contributed by atoms with Gasteiger partial charge in [-0.1, -0.05) is 11.6 Å². The van der Waals surface area contributed by atoms with Gasteiger partial charge in [0.25, 0.3) is 0 Å². The maximum Gasteiger partial charge on any atom is 0.410 e. The predicted octanol–water partition coefficient (Wildman–Crippen LogP) is 4.13. The fourth-order valence-corrected chi connectivity index (χ4v) is 4.10. The molecule has 1 fully saturated rings. The topological polar surface area (TPSA) is 122 Å². The Bertz CT molecular complexity index is 1290. The Balaban J connectivity index is 1.69. The highest BCUT2D eigenvalue weighted by molar-refractivity contribution is 6.30. The quantitative estimate of drug-likeness (QED) is 0.314. The van der Waals surface area contributed by atoms with Crippen molar-refractivity contribution in [2.24, 2.45) is 0 Å². The first-order chi connectivity index (χ1) is 18.9. The number of amides is 2. The number of rotatable bonds is 10. The average molecular weight is 593 g/mol. The average Bonchev–Trinajstić information content (AvgIpc) is 2.91. The minimum absolute atomic E-state index is 0.0166. The highest BCUT2D eigenvalue weighted by Crippen LogP contribution is 2.26. The number of carbonyl (C=O) groups excluding carboxylic acids is 3. The molecule has 2 amide bonds. The molecule has 1 heterocycles. The second-order valence-corrected chi connectivity index (χ2v) is 9.14. The molecule has 0 saturated carbocycles. The van der Waals surface area contributed by atoms with E-state index in [1.807, 2.05) is 0 Å². The number of halogens is 6. The van der Waals surface area contributed by atoms with Gasteiger partial charge in [-0.05, 0) is 37.5 Å². The number of aliphatic carboxylic acids is 1. The van der Waals surface area contributed by atoms with Crippen molar-refractivity contribution in [2.45, 2.75) is 44.4 Å². The first-order valence-electron chi connectivity index (χ1n) is 11.8. The Morgan fingerprint density at radius 3 is 2.35 bits per heavy atom. The molecule has 2 aromatic rings. The van der Waals surface area contributed by atoms with E-state index in [1.165, 1.54) is 12.1 Å². The molecule has 40 heavy (non-hydrogen) atoms. The molecule has 1 aliphatic heterocycles. The van der Waals surface area contributed by atoms with E-state index in [4.69, 9.17) is 16.3 Å². The number of ketones is 1. The van der Waals surface area contributed by atoms with Crippen molar-refractivity contribution >= 4 is 35.4 Å². The molecule has 0 radical (unpaired) electrons. The van der Waals surface area contributed by atoms with Gasteiger partial charge in [-0.3, -0.25) is 19.3 Å². The summed E-state index contributed by atoms with van der Waals surface area (Å²) in [6.45, 7) is -1.70. The molecule has 0 aromatic heterocycles. The van der Waals surface area contributed by atoms with Crippen LogP contribution in [0.1, 0.15) is 31.2 Å². The Hall–Kier alpha value is -3.94. The predicted molar refractivity (Wildman–Crippen MR) is 127 cm³/mol. The molecule has 0 spiro atoms. The number of carboxylic acid groups (broad SMARTS) is 1. The summed E-state index contributed by atoms with van der Waals surface area (Å²) in [6.07, 6.45) is -0.897. The molecule has 2 aromatic carbocycles. The van der Waals surface area contributed by atoms with Crippen LogP contribution in [0.4, 0.5) is 26.7 Å². The number of likely N-dealkylation sites (tertiary alicyclic amines) is 1. The van der Waals surface area contributed by atoms with Crippen molar-refractivity contribution in [3.8, 4) is 5.75 Å². The molecule has 0 unspecified atom stereocenters. The Morgan fingerprint density at radius 1 is 1.02 bits per heavy atom. The first kappa shape index (κ1) is 30.6. The normalized spacial score (nSPS) is 15.8. The molecule has 1 saturated heterocycles. The van der Waals surface area contributed by atoms with Crippen molar-refractivity contribution in [2.75, 3.05) is 13.2 Å². The second-order valence-electron chi connectivity index (χ2n) is 8.71. The van der Waals surface area contributed by atoms with Crippen molar-refractivity contribution in [3.05, 3.63) is 63.9 Å². The second kappa shape index (κ2) is 13.4. The number of piperidine rings is 1. The fraction of sp³-hybridized carbons (Fsp3) is 0.360. The van der Waals surface area contributed by atoms with Gasteiger partial charge in [0, 0.05) is 23.2 Å². The number of hydrogen-bond donors (Lipinski definition) is 2. The molecular weight excluding hydrogens is 571 g/mol. The zero-order valence-corrected chi connectivity index (χ0v) is 21.3. The maximum absolute atomic E-state index is 13.9. The molecule has 3 rings (SSSR count). The van der Waals surface area contributed by atoms with Crippen LogP contribution in [0, 0.1) is 29.1 Å². The zero-order chi connectivity index (χ0) is 29.6. The lowest BCUT2D eigenvalue weighted by molar-refractivity contribution is -0.141. The van der Waals surface area contributed by atoms with Crippen molar-refractivity contribution in [3.63, 3.8) is 0 Å². The summed E-state index contributed by atoms with van der Waals surface area (Å²) in [5.41, 5.74) is -0.0166. The van der Waals surface area contributed by atoms with Gasteiger partial charge in [-0.15, -0.1) is 0 Å². The maximum atomic E-state index is 13.9. The van der Waals surface area contributed by atoms with Gasteiger partial charge in [-0.25, -0.2) is 18.0 Å². The summed E-state index contributed by atoms with van der Waals surface area (Å²) in [5, 5.41) is 11.5. The molecule has 0 bridgehead atoms. The van der Waals surface area contributed by atoms with Crippen LogP contribution in [0.5, 0.6) is 5.75 Å². The summed E-state index contributed by atoms with van der Waals surface area (Å²) in [7, 11) is 0. The van der Waals surface area contributed by atoms with E-state index in [-0.39, 0.29) is 29.6 Å². The van der Waals surface area contributed by atoms with Gasteiger partial charge >= 0.3 is 12.1 Å². The number of Topliss-reactive ketones (excluding diaryl/α,β-unsaturated/α-hetero) is 1. The number of benzene rings is 2. The van der Waals surface area contributed by atoms with Crippen LogP contribution in [0.3, 0.4) is 0 Å². The first-order valence-corrected chi connectivity index (χ1v) is 12.1. The van der Waals surface area contributed by atoms with E-state index in [0.717, 1.165) is 11.0 Å². The molecule has 1 aliphatic rings. The Morgan fingerprint density at radius 2 is 1.70 bits per heavy atom. The van der Waals surface area contributed by atoms with Gasteiger partial charge in [0.15, 0.2) is 23.2 Å². The minimum atomic E-state index is -1.92. The van der Waals surface area contributed by atoms with E-state index < -0.39 is 90.3 Å². The number of ether oxygens (including phenoxy) is 2. The van der Waals surface area contributed by atoms with Crippen molar-refractivity contribution in [1.82, 2.24) is 10.2 Å². The van der Waals surface area contributed by atoms with Crippen LogP contribution >= 0.6 is 11.6 Å². The summed E-state index contributed by atoms with van der Waals surface area (Å²) >= 11 is 5.82. The SMILES string of the molecule is O=C(O)C[C@H](NC(=O)[C@@H]1CCCCN1C(=O)OCc1cc(Cl)ccc1F)C(=O)COc1c(F)c(F)cc(F)c1F. The van der Waals surface area contributed by atoms with E-state index >= 15 is 0 Å². The van der Waals surface area contributed by atoms with E-state index in [0.29, 0.717) is 12.8 Å². The summed E-state index contributed by atoms with van der Waals surface area (Å²) < 4.78 is 78.1. The molecule has 9 nitrogen and oxygen atoms in total. The Labute approximate surface area is 228 Å². The minimum Gasteiger partial charge on any atom is -0.481 e. The Kier molecular flexibility index (Phi) is 10.3. The third-order valence-electron chi connectivity index (χ3n) is 5.91. The van der Waals surface area contributed by atoms with Crippen LogP contribution in [0.25, 0.3) is 0 Å². The lowest BCUT2D eigenvalue weighted by Crippen LogP contribution is -2.55. The molecular formula is C25H22ClF5N2O7. The third-order valence-corrected chi connectivity index (χ3v) is 6.15. The molecule has 2 atom stereocenters. The fourth-order valence-electron chi connectivity index (χ4n) is 3.91. The monoisotopic (exact) mass is 592 g/mol. The van der Waals surface area contributed by atoms with Crippen molar-refractivity contribution < 1.29 is 55.7 Å². The number of carboxylic acids is 1. The van der Waals surface area contributed by atoms with E-state index in [9.17, 15) is 46.2 Å². The molecule has 0 aliphatic carbocycles. The van der Waals surface area contributed by atoms with Crippen LogP contribution < -0.4 is 10.1 Å². The lowest BCUT2D eigenvalue weighted by Gasteiger charge is -2.34. The van der Waals surface area contributed by atoms with Crippen LogP contribution in [-0.2, 0) is 25.7 Å². The molecule has 2 N–H and O–H groups in total. The molecule has 216 valence electrons. The molecule has 15 heteroatoms. The van der Waals surface area contributed by atoms with Gasteiger partial charge in [-0.2, -0.15) is 8.78 Å². The van der Waals surface area contributed by atoms with Crippen LogP contribution in [0.15, 0.2) is 24.3 Å². The number of nitrogens with zero attached hydrogens (tertiary/aromatic N) is 1. The van der Waals surface area contributed by atoms with E-state index in [2.05, 4.69) is 10.1 Å². The summed E-state index contributed by atoms with van der Waals surface area (Å²) in [6, 6.07) is 0.567. The van der Waals surface area contributed by atoms with Gasteiger partial charge in [0.05, 0.1) is 6.42 Å². The zero-order valence-electron chi connectivity index (χ0n) is 20.5. The highest BCUT2D eigenvalue weighted by atomic mass is 35.5. The summed E-state index contributed by atoms with van der Waals surface area (Å²) in [5.74, 6) is -13.3. The van der Waals surface area contributed by atoms with Crippen molar-refractivity contribution in [1.29, 1.82) is 0 Å². The number of nitrogens with one attached hydrogen (secondary N) is 1. The smallest absolute Gasteiger partial charge is 0.410 e. The standard InChI is InChI=1S/C25H22ClF5N2O7/c26-13-4-5-14(27)12(7-13)10-40-25(38)33-6-2-1-3-18(33)24(37)32-17(9-20(35)36)19(34)11-39-23-21(30)15(28)8-16(29)22(23)31/h4-5,7-8,17-18H,1-3,6,9-11H2,(H,32,37)(H,35,36)/t17-,18-/m0/s1. The largest absolute Gasteiger partial charge is 0.481 e. The summed E-state index contributed by atoms with van der Waals surface area (Å²) in [4.78, 5) is 50.7. The highest BCUT2D eigenvalue weighted by Gasteiger charge is 2.36. The van der Waals surface area contributed by atoms with E-state index in [1.54, 1.807) is 0 Å². The van der Waals surface area contributed by atoms with Gasteiger partial charge < -0.3 is 19.9 Å². The van der Waals surface area contributed by atoms with Gasteiger partial charge in [0.2, 0.25) is 17.5 Å².